The molecule has 0 saturated heterocycles. The van der Waals surface area contributed by atoms with Crippen LogP contribution in [0.1, 0.15) is 336 Å². The van der Waals surface area contributed by atoms with Crippen LogP contribution in [0.2, 0.25) is 0 Å². The normalized spacial score (nSPS) is 14.4. The second kappa shape index (κ2) is 73.3. The lowest BCUT2D eigenvalue weighted by atomic mass is 10.1. The molecule has 0 aliphatic rings. The van der Waals surface area contributed by atoms with Gasteiger partial charge in [-0.1, -0.05) is 279 Å². The molecule has 0 heterocycles. The molecule has 19 heteroatoms. The third kappa shape index (κ3) is 72.3. The van der Waals surface area contributed by atoms with Crippen molar-refractivity contribution in [3.63, 3.8) is 0 Å². The molecule has 0 rings (SSSR count). The lowest BCUT2D eigenvalue weighted by Crippen LogP contribution is -2.30. The van der Waals surface area contributed by atoms with E-state index in [0.717, 1.165) is 180 Å². The maximum atomic E-state index is 13.1. The van der Waals surface area contributed by atoms with Crippen LogP contribution < -0.4 is 0 Å². The standard InChI is InChI=1S/C81H142O17P2/c1-5-9-13-17-21-25-29-32-35-36-37-38-41-43-47-50-54-58-62-66-79(84)91-71-76(97-80(85)67-63-59-55-51-45-28-24-20-16-12-8-4)73-95-99(87,88)93-69-75(82)70-94-100(89,90)96-74-77(98-81(86)68-64-60-56-52-48-44-40-34-31-27-23-19-15-11-7-3)72-92-78(83)65-61-57-53-49-46-42-39-33-30-26-22-18-14-10-6-2/h9,13,21-23,25-27,32-35,37-40,75-77,82H,5-8,10-12,14-20,24,28-31,36,41-74H2,1-4H3,(H,87,88)(H,89,90)/b13-9-,25-21-,26-22-,27-23-,35-32-,38-37-,39-33-,40-34-. The molecule has 5 atom stereocenters. The Bertz CT molecular complexity index is 2270. The molecule has 0 aromatic carbocycles. The first-order valence-corrected chi connectivity index (χ1v) is 42.5. The summed E-state index contributed by atoms with van der Waals surface area (Å²) in [5, 5.41) is 10.6. The fourth-order valence-electron chi connectivity index (χ4n) is 10.5. The van der Waals surface area contributed by atoms with E-state index in [1.165, 1.54) is 77.0 Å². The fourth-order valence-corrected chi connectivity index (χ4v) is 12.1. The number of carbonyl (C=O) groups excluding carboxylic acids is 4. The van der Waals surface area contributed by atoms with Gasteiger partial charge in [-0.2, -0.15) is 0 Å². The average Bonchev–Trinajstić information content (AvgIpc) is 0.953. The van der Waals surface area contributed by atoms with E-state index in [1.54, 1.807) is 0 Å². The molecule has 0 radical (unpaired) electrons. The van der Waals surface area contributed by atoms with E-state index >= 15 is 0 Å². The van der Waals surface area contributed by atoms with Gasteiger partial charge in [0.15, 0.2) is 12.2 Å². The number of hydrogen-bond acceptors (Lipinski definition) is 15. The number of esters is 4. The van der Waals surface area contributed by atoms with E-state index in [9.17, 15) is 43.2 Å². The van der Waals surface area contributed by atoms with Crippen molar-refractivity contribution in [3.8, 4) is 0 Å². The third-order valence-corrected chi connectivity index (χ3v) is 18.4. The maximum Gasteiger partial charge on any atom is 0.472 e. The van der Waals surface area contributed by atoms with Crippen molar-refractivity contribution >= 4 is 39.5 Å². The largest absolute Gasteiger partial charge is 0.472 e. The highest BCUT2D eigenvalue weighted by molar-refractivity contribution is 7.47. The first kappa shape index (κ1) is 96.0. The van der Waals surface area contributed by atoms with Crippen molar-refractivity contribution in [3.05, 3.63) is 97.2 Å². The monoisotopic (exact) mass is 1450 g/mol. The number of unbranched alkanes of at least 4 members (excludes halogenated alkanes) is 32. The second-order valence-corrected chi connectivity index (χ2v) is 29.2. The number of ether oxygens (including phenoxy) is 4. The van der Waals surface area contributed by atoms with E-state index in [0.29, 0.717) is 25.7 Å². The van der Waals surface area contributed by atoms with E-state index in [4.69, 9.17) is 37.0 Å². The molecule has 0 aromatic rings. The van der Waals surface area contributed by atoms with Crippen LogP contribution in [0.15, 0.2) is 97.2 Å². The van der Waals surface area contributed by atoms with E-state index in [-0.39, 0.29) is 25.7 Å². The predicted octanol–water partition coefficient (Wildman–Crippen LogP) is 22.8. The predicted molar refractivity (Wildman–Crippen MR) is 409 cm³/mol. The molecule has 100 heavy (non-hydrogen) atoms. The van der Waals surface area contributed by atoms with Crippen LogP contribution in [0.4, 0.5) is 0 Å². The Morgan fingerprint density at radius 3 is 0.820 bits per heavy atom. The smallest absolute Gasteiger partial charge is 0.462 e. The summed E-state index contributed by atoms with van der Waals surface area (Å²) in [6, 6.07) is 0. The lowest BCUT2D eigenvalue weighted by Gasteiger charge is -2.21. The molecule has 0 saturated carbocycles. The number of phosphoric ester groups is 2. The molecule has 0 fully saturated rings. The highest BCUT2D eigenvalue weighted by Gasteiger charge is 2.30. The van der Waals surface area contributed by atoms with Crippen LogP contribution in [-0.4, -0.2) is 96.7 Å². The Kier molecular flexibility index (Phi) is 70.4. The Hall–Kier alpha value is -4.02. The number of rotatable bonds is 74. The molecular weight excluding hydrogens is 1310 g/mol. The van der Waals surface area contributed by atoms with Crippen molar-refractivity contribution in [2.45, 2.75) is 354 Å². The van der Waals surface area contributed by atoms with Crippen LogP contribution >= 0.6 is 15.6 Å². The van der Waals surface area contributed by atoms with Crippen molar-refractivity contribution in [2.24, 2.45) is 0 Å². The number of hydrogen-bond donors (Lipinski definition) is 3. The molecule has 578 valence electrons. The van der Waals surface area contributed by atoms with Crippen molar-refractivity contribution in [1.29, 1.82) is 0 Å². The van der Waals surface area contributed by atoms with Gasteiger partial charge >= 0.3 is 39.5 Å². The van der Waals surface area contributed by atoms with Gasteiger partial charge in [-0.3, -0.25) is 37.3 Å². The second-order valence-electron chi connectivity index (χ2n) is 26.3. The highest BCUT2D eigenvalue weighted by atomic mass is 31.2. The zero-order valence-electron chi connectivity index (χ0n) is 63.1. The molecule has 17 nitrogen and oxygen atoms in total. The summed E-state index contributed by atoms with van der Waals surface area (Å²) in [4.78, 5) is 72.9. The van der Waals surface area contributed by atoms with Gasteiger partial charge < -0.3 is 33.8 Å². The molecule has 3 N–H and O–H groups in total. The average molecular weight is 1450 g/mol. The van der Waals surface area contributed by atoms with Gasteiger partial charge in [0, 0.05) is 25.7 Å². The minimum atomic E-state index is -4.98. The SMILES string of the molecule is CC/C=C\C/C=C\C/C=C\C/C=C\CCCCCCCCC(=O)OCC(COP(=O)(O)OCC(O)COP(=O)(O)OCC(COC(=O)CCCCCCC/C=C\C/C=C\CCCCC)OC(=O)CCCCCCC/C=C\C/C=C\CCCCC)OC(=O)CCCCCCCCCCCCC. The van der Waals surface area contributed by atoms with Crippen molar-refractivity contribution in [2.75, 3.05) is 39.6 Å². The minimum Gasteiger partial charge on any atom is -0.462 e. The van der Waals surface area contributed by atoms with Crippen LogP contribution in [0.3, 0.4) is 0 Å². The Morgan fingerprint density at radius 2 is 0.520 bits per heavy atom. The lowest BCUT2D eigenvalue weighted by molar-refractivity contribution is -0.161. The van der Waals surface area contributed by atoms with Gasteiger partial charge in [0.25, 0.3) is 0 Å². The van der Waals surface area contributed by atoms with Crippen molar-refractivity contribution in [1.82, 2.24) is 0 Å². The summed E-state index contributed by atoms with van der Waals surface area (Å²) in [7, 11) is -9.95. The summed E-state index contributed by atoms with van der Waals surface area (Å²) >= 11 is 0. The van der Waals surface area contributed by atoms with Crippen LogP contribution in [0, 0.1) is 0 Å². The molecule has 0 amide bonds. The Balaban J connectivity index is 5.33. The van der Waals surface area contributed by atoms with E-state index in [2.05, 4.69) is 125 Å². The summed E-state index contributed by atoms with van der Waals surface area (Å²) in [6.07, 6.45) is 76.7. The molecule has 0 aromatic heterocycles. The zero-order valence-corrected chi connectivity index (χ0v) is 64.9. The quantitative estimate of drug-likeness (QED) is 0.0169. The zero-order chi connectivity index (χ0) is 73.2. The number of allylic oxidation sites excluding steroid dienone is 16. The summed E-state index contributed by atoms with van der Waals surface area (Å²) in [5.74, 6) is -2.20. The summed E-state index contributed by atoms with van der Waals surface area (Å²) in [5.41, 5.74) is 0. The van der Waals surface area contributed by atoms with Crippen LogP contribution in [0.25, 0.3) is 0 Å². The van der Waals surface area contributed by atoms with Gasteiger partial charge in [-0.25, -0.2) is 9.13 Å². The molecule has 0 bridgehead atoms. The molecule has 0 aliphatic heterocycles. The summed E-state index contributed by atoms with van der Waals surface area (Å²) < 4.78 is 68.5. The molecular formula is C81H142O17P2. The van der Waals surface area contributed by atoms with Gasteiger partial charge in [0.2, 0.25) is 0 Å². The first-order chi connectivity index (χ1) is 48.7. The van der Waals surface area contributed by atoms with Gasteiger partial charge in [0.1, 0.15) is 19.3 Å². The number of aliphatic hydroxyl groups excluding tert-OH is 1. The van der Waals surface area contributed by atoms with Crippen molar-refractivity contribution < 1.29 is 80.2 Å². The van der Waals surface area contributed by atoms with Gasteiger partial charge in [0.05, 0.1) is 26.4 Å². The van der Waals surface area contributed by atoms with Crippen LogP contribution in [-0.2, 0) is 65.4 Å². The van der Waals surface area contributed by atoms with E-state index < -0.39 is 97.5 Å². The molecule has 0 aliphatic carbocycles. The minimum absolute atomic E-state index is 0.0768. The molecule has 0 spiro atoms. The van der Waals surface area contributed by atoms with Gasteiger partial charge in [-0.05, 0) is 128 Å². The van der Waals surface area contributed by atoms with Crippen LogP contribution in [0.5, 0.6) is 0 Å². The number of phosphoric acid groups is 2. The summed E-state index contributed by atoms with van der Waals surface area (Å²) in [6.45, 7) is 4.69. The first-order valence-electron chi connectivity index (χ1n) is 39.5. The number of aliphatic hydroxyl groups is 1. The Morgan fingerprint density at radius 1 is 0.290 bits per heavy atom. The third-order valence-electron chi connectivity index (χ3n) is 16.5. The maximum absolute atomic E-state index is 13.1. The molecule has 5 unspecified atom stereocenters. The topological polar surface area (TPSA) is 237 Å². The fraction of sp³-hybridized carbons (Fsp3) is 0.753. The number of carbonyl (C=O) groups is 4. The Labute approximate surface area is 607 Å². The van der Waals surface area contributed by atoms with Gasteiger partial charge in [-0.15, -0.1) is 0 Å². The van der Waals surface area contributed by atoms with E-state index in [1.807, 2.05) is 0 Å². The highest BCUT2D eigenvalue weighted by Crippen LogP contribution is 2.45.